The summed E-state index contributed by atoms with van der Waals surface area (Å²) in [5.41, 5.74) is 1.76. The maximum Gasteiger partial charge on any atom is 0.339 e. The van der Waals surface area contributed by atoms with Crippen LogP contribution in [0.2, 0.25) is 23.3 Å². The van der Waals surface area contributed by atoms with Gasteiger partial charge in [0.2, 0.25) is 0 Å². The first-order chi connectivity index (χ1) is 12.2. The summed E-state index contributed by atoms with van der Waals surface area (Å²) in [5, 5.41) is 9.90. The average molecular weight is 414 g/mol. The molecule has 0 fully saturated rings. The van der Waals surface area contributed by atoms with Gasteiger partial charge in [-0.3, -0.25) is 0 Å². The van der Waals surface area contributed by atoms with E-state index in [1.807, 2.05) is 0 Å². The third kappa shape index (κ3) is 6.58. The molecule has 0 aliphatic carbocycles. The fourth-order valence-corrected chi connectivity index (χ4v) is 4.10. The molecule has 0 aliphatic rings. The van der Waals surface area contributed by atoms with Crippen LogP contribution in [0.5, 0.6) is 0 Å². The number of aromatic carboxylic acids is 1. The summed E-state index contributed by atoms with van der Waals surface area (Å²) in [7, 11) is -1.70. The topological polar surface area (TPSA) is 59.4 Å². The van der Waals surface area contributed by atoms with Crippen LogP contribution < -0.4 is 0 Å². The molecule has 4 nitrogen and oxygen atoms in total. The second-order valence-corrected chi connectivity index (χ2v) is 15.0. The van der Waals surface area contributed by atoms with Crippen molar-refractivity contribution in [3.63, 3.8) is 0 Å². The Kier molecular flexibility index (Phi) is 8.09. The van der Waals surface area contributed by atoms with Crippen LogP contribution in [-0.2, 0) is 16.3 Å². The fraction of sp³-hybridized carbons (Fsp3) is 0.714. The van der Waals surface area contributed by atoms with Gasteiger partial charge in [0.15, 0.2) is 8.32 Å². The minimum atomic E-state index is -1.70. The van der Waals surface area contributed by atoms with Crippen molar-refractivity contribution in [1.29, 1.82) is 0 Å². The molecular formula is C21H36ClNO3Si. The van der Waals surface area contributed by atoms with Gasteiger partial charge in [0.25, 0.3) is 0 Å². The second kappa shape index (κ2) is 9.06. The number of pyridine rings is 1. The van der Waals surface area contributed by atoms with Crippen LogP contribution in [0.15, 0.2) is 6.20 Å². The van der Waals surface area contributed by atoms with Crippen molar-refractivity contribution in [2.45, 2.75) is 90.8 Å². The van der Waals surface area contributed by atoms with Crippen molar-refractivity contribution in [3.05, 3.63) is 28.0 Å². The first-order valence-electron chi connectivity index (χ1n) is 9.73. The number of halogens is 1. The zero-order valence-corrected chi connectivity index (χ0v) is 20.0. The van der Waals surface area contributed by atoms with Crippen molar-refractivity contribution in [2.75, 3.05) is 6.61 Å². The fourth-order valence-electron chi connectivity index (χ4n) is 2.77. The predicted molar refractivity (Wildman–Crippen MR) is 116 cm³/mol. The SMILES string of the molecule is CC(C)(C)c1cnc(Cl)c(C(=O)O)c1CCCCCO[Si](C)(C)C(C)(C)C. The number of hydrogen-bond donors (Lipinski definition) is 1. The van der Waals surface area contributed by atoms with Gasteiger partial charge < -0.3 is 9.53 Å². The molecule has 0 saturated heterocycles. The lowest BCUT2D eigenvalue weighted by atomic mass is 9.82. The molecule has 0 atom stereocenters. The largest absolute Gasteiger partial charge is 0.478 e. The van der Waals surface area contributed by atoms with Gasteiger partial charge in [-0.1, -0.05) is 59.6 Å². The number of carboxylic acids is 1. The van der Waals surface area contributed by atoms with Crippen LogP contribution in [0.1, 0.15) is 82.3 Å². The number of aromatic nitrogens is 1. The van der Waals surface area contributed by atoms with Crippen LogP contribution in [0.25, 0.3) is 0 Å². The highest BCUT2D eigenvalue weighted by molar-refractivity contribution is 6.74. The molecule has 0 aromatic carbocycles. The van der Waals surface area contributed by atoms with E-state index in [2.05, 4.69) is 59.6 Å². The first kappa shape index (κ1) is 24.1. The lowest BCUT2D eigenvalue weighted by molar-refractivity contribution is 0.0695. The Morgan fingerprint density at radius 3 is 2.22 bits per heavy atom. The zero-order chi connectivity index (χ0) is 21.0. The number of carboxylic acid groups (broad SMARTS) is 1. The van der Waals surface area contributed by atoms with E-state index < -0.39 is 14.3 Å². The summed E-state index contributed by atoms with van der Waals surface area (Å²) in [6.45, 7) is 18.2. The number of rotatable bonds is 8. The highest BCUT2D eigenvalue weighted by atomic mass is 35.5. The van der Waals surface area contributed by atoms with E-state index in [4.69, 9.17) is 16.0 Å². The number of unbranched alkanes of at least 4 members (excludes halogenated alkanes) is 2. The molecule has 0 unspecified atom stereocenters. The van der Waals surface area contributed by atoms with E-state index in [1.54, 1.807) is 6.20 Å². The Hall–Kier alpha value is -0.913. The summed E-state index contributed by atoms with van der Waals surface area (Å²) in [4.78, 5) is 15.8. The van der Waals surface area contributed by atoms with E-state index in [0.29, 0.717) is 6.42 Å². The highest BCUT2D eigenvalue weighted by Gasteiger charge is 2.36. The van der Waals surface area contributed by atoms with E-state index in [-0.39, 0.29) is 21.2 Å². The smallest absolute Gasteiger partial charge is 0.339 e. The molecule has 0 bridgehead atoms. The Morgan fingerprint density at radius 1 is 1.15 bits per heavy atom. The second-order valence-electron chi connectivity index (χ2n) is 9.79. The van der Waals surface area contributed by atoms with E-state index in [9.17, 15) is 9.90 Å². The average Bonchev–Trinajstić information content (AvgIpc) is 2.47. The number of nitrogens with zero attached hydrogens (tertiary/aromatic N) is 1. The highest BCUT2D eigenvalue weighted by Crippen LogP contribution is 2.36. The van der Waals surface area contributed by atoms with Gasteiger partial charge in [0.05, 0.1) is 0 Å². The molecule has 1 rings (SSSR count). The van der Waals surface area contributed by atoms with Crippen molar-refractivity contribution >= 4 is 25.9 Å². The summed E-state index contributed by atoms with van der Waals surface area (Å²) >= 11 is 6.09. The molecule has 1 heterocycles. The summed E-state index contributed by atoms with van der Waals surface area (Å²) in [6, 6.07) is 0. The lowest BCUT2D eigenvalue weighted by Gasteiger charge is -2.36. The maximum absolute atomic E-state index is 11.7. The molecule has 0 amide bonds. The quantitative estimate of drug-likeness (QED) is 0.301. The van der Waals surface area contributed by atoms with Crippen LogP contribution in [-0.4, -0.2) is 31.0 Å². The molecule has 1 aromatic heterocycles. The van der Waals surface area contributed by atoms with Crippen molar-refractivity contribution in [2.24, 2.45) is 0 Å². The summed E-state index contributed by atoms with van der Waals surface area (Å²) < 4.78 is 6.22. The van der Waals surface area contributed by atoms with E-state index in [0.717, 1.165) is 37.0 Å². The minimum absolute atomic E-state index is 0.0757. The standard InChI is InChI=1S/C21H36ClNO3Si/c1-20(2,3)16-14-23-18(22)17(19(24)25)15(16)12-10-9-11-13-26-27(7,8)21(4,5)6/h14H,9-13H2,1-8H3,(H,24,25). The number of carbonyl (C=O) groups is 1. The monoisotopic (exact) mass is 413 g/mol. The van der Waals surface area contributed by atoms with Crippen molar-refractivity contribution in [1.82, 2.24) is 4.98 Å². The normalized spacial score (nSPS) is 13.1. The molecule has 0 saturated carbocycles. The third-order valence-electron chi connectivity index (χ3n) is 5.50. The number of hydrogen-bond acceptors (Lipinski definition) is 3. The molecule has 1 aromatic rings. The Labute approximate surface area is 170 Å². The minimum Gasteiger partial charge on any atom is -0.478 e. The molecule has 0 aliphatic heterocycles. The van der Waals surface area contributed by atoms with Gasteiger partial charge in [-0.2, -0.15) is 0 Å². The molecule has 27 heavy (non-hydrogen) atoms. The van der Waals surface area contributed by atoms with Gasteiger partial charge in [-0.05, 0) is 53.9 Å². The van der Waals surface area contributed by atoms with Gasteiger partial charge in [-0.15, -0.1) is 0 Å². The first-order valence-corrected chi connectivity index (χ1v) is 13.0. The molecule has 1 N–H and O–H groups in total. The van der Waals surface area contributed by atoms with Gasteiger partial charge in [0, 0.05) is 12.8 Å². The van der Waals surface area contributed by atoms with Gasteiger partial charge in [0.1, 0.15) is 10.7 Å². The van der Waals surface area contributed by atoms with Crippen molar-refractivity contribution in [3.8, 4) is 0 Å². The molecular weight excluding hydrogens is 378 g/mol. The lowest BCUT2D eigenvalue weighted by Crippen LogP contribution is -2.40. The zero-order valence-electron chi connectivity index (χ0n) is 18.2. The van der Waals surface area contributed by atoms with Gasteiger partial charge in [-0.25, -0.2) is 9.78 Å². The Balaban J connectivity index is 2.75. The van der Waals surface area contributed by atoms with Crippen LogP contribution in [0.3, 0.4) is 0 Å². The van der Waals surface area contributed by atoms with E-state index in [1.165, 1.54) is 0 Å². The van der Waals surface area contributed by atoms with Crippen LogP contribution in [0.4, 0.5) is 0 Å². The van der Waals surface area contributed by atoms with E-state index >= 15 is 0 Å². The van der Waals surface area contributed by atoms with Crippen LogP contribution in [0, 0.1) is 0 Å². The van der Waals surface area contributed by atoms with Crippen LogP contribution >= 0.6 is 11.6 Å². The third-order valence-corrected chi connectivity index (χ3v) is 10.3. The molecule has 154 valence electrons. The predicted octanol–water partition coefficient (Wildman–Crippen LogP) is 6.47. The molecule has 0 spiro atoms. The molecule has 0 radical (unpaired) electrons. The van der Waals surface area contributed by atoms with Crippen molar-refractivity contribution < 1.29 is 14.3 Å². The maximum atomic E-state index is 11.7. The summed E-state index contributed by atoms with van der Waals surface area (Å²) in [6.07, 6.45) is 5.31. The van der Waals surface area contributed by atoms with Gasteiger partial charge >= 0.3 is 5.97 Å². The molecule has 6 heteroatoms. The Morgan fingerprint density at radius 2 is 1.74 bits per heavy atom. The summed E-state index contributed by atoms with van der Waals surface area (Å²) in [5.74, 6) is -1.00. The Bertz CT molecular complexity index is 661.